The van der Waals surface area contributed by atoms with Gasteiger partial charge < -0.3 is 4.40 Å². The lowest BCUT2D eigenvalue weighted by Gasteiger charge is -2.06. The van der Waals surface area contributed by atoms with Gasteiger partial charge in [0.15, 0.2) is 6.29 Å². The van der Waals surface area contributed by atoms with Crippen LogP contribution in [-0.4, -0.2) is 10.7 Å². The molecule has 0 N–H and O–H groups in total. The second-order valence-corrected chi connectivity index (χ2v) is 5.41. The number of fused-ring (bicyclic) bond motifs is 1. The zero-order valence-electron chi connectivity index (χ0n) is 12.0. The Hall–Kier alpha value is -2.42. The first-order chi connectivity index (χ1) is 10.1. The zero-order valence-corrected chi connectivity index (χ0v) is 12.0. The first kappa shape index (κ1) is 13.6. The van der Waals surface area contributed by atoms with Gasteiger partial charge in [-0.3, -0.25) is 4.79 Å². The molecule has 0 unspecified atom stereocenters. The number of nitrogens with zero attached hydrogens (tertiary/aromatic N) is 1. The average molecular weight is 281 g/mol. The van der Waals surface area contributed by atoms with Crippen molar-refractivity contribution in [1.29, 1.82) is 0 Å². The average Bonchev–Trinajstić information content (AvgIpc) is 2.82. The maximum Gasteiger partial charge on any atom is 0.152 e. The van der Waals surface area contributed by atoms with E-state index in [9.17, 15) is 9.18 Å². The minimum Gasteiger partial charge on any atom is -0.319 e. The molecule has 106 valence electrons. The van der Waals surface area contributed by atoms with Crippen molar-refractivity contribution < 1.29 is 9.18 Å². The second-order valence-electron chi connectivity index (χ2n) is 5.41. The quantitative estimate of drug-likeness (QED) is 0.639. The van der Waals surface area contributed by atoms with E-state index >= 15 is 0 Å². The van der Waals surface area contributed by atoms with Crippen LogP contribution in [0.4, 0.5) is 4.39 Å². The fourth-order valence-electron chi connectivity index (χ4n) is 2.88. The van der Waals surface area contributed by atoms with E-state index in [1.165, 1.54) is 12.1 Å². The summed E-state index contributed by atoms with van der Waals surface area (Å²) >= 11 is 0. The predicted octanol–water partition coefficient (Wildman–Crippen LogP) is 4.68. The van der Waals surface area contributed by atoms with E-state index in [2.05, 4.69) is 13.8 Å². The van der Waals surface area contributed by atoms with Crippen molar-refractivity contribution in [3.05, 3.63) is 65.7 Å². The molecule has 3 aromatic rings. The standard InChI is InChI=1S/C18H16FNO/c1-12(2)18-15(11-21)17(13-6-8-14(19)9-7-13)16-5-3-4-10-20(16)18/h3-12H,1-2H3. The lowest BCUT2D eigenvalue weighted by atomic mass is 9.98. The van der Waals surface area contributed by atoms with Crippen LogP contribution >= 0.6 is 0 Å². The molecule has 0 amide bonds. The van der Waals surface area contributed by atoms with Gasteiger partial charge in [-0.15, -0.1) is 0 Å². The van der Waals surface area contributed by atoms with Gasteiger partial charge in [-0.05, 0) is 35.7 Å². The van der Waals surface area contributed by atoms with Crippen molar-refractivity contribution in [2.24, 2.45) is 0 Å². The second kappa shape index (κ2) is 5.17. The van der Waals surface area contributed by atoms with Crippen LogP contribution in [0.25, 0.3) is 16.6 Å². The Morgan fingerprint density at radius 2 is 1.81 bits per heavy atom. The van der Waals surface area contributed by atoms with Crippen molar-refractivity contribution in [3.63, 3.8) is 0 Å². The highest BCUT2D eigenvalue weighted by atomic mass is 19.1. The monoisotopic (exact) mass is 281 g/mol. The number of pyridine rings is 1. The van der Waals surface area contributed by atoms with Crippen LogP contribution in [0, 0.1) is 5.82 Å². The van der Waals surface area contributed by atoms with Gasteiger partial charge in [0, 0.05) is 23.0 Å². The van der Waals surface area contributed by atoms with Crippen LogP contribution in [0.1, 0.15) is 35.8 Å². The maximum absolute atomic E-state index is 13.2. The van der Waals surface area contributed by atoms with Crippen LogP contribution in [0.3, 0.4) is 0 Å². The molecule has 3 heteroatoms. The Morgan fingerprint density at radius 3 is 2.43 bits per heavy atom. The highest BCUT2D eigenvalue weighted by Crippen LogP contribution is 2.35. The summed E-state index contributed by atoms with van der Waals surface area (Å²) in [6, 6.07) is 12.2. The van der Waals surface area contributed by atoms with Crippen molar-refractivity contribution in [2.75, 3.05) is 0 Å². The Morgan fingerprint density at radius 1 is 1.10 bits per heavy atom. The zero-order chi connectivity index (χ0) is 15.0. The molecule has 0 aliphatic rings. The first-order valence-electron chi connectivity index (χ1n) is 6.97. The third-order valence-electron chi connectivity index (χ3n) is 3.72. The number of hydrogen-bond acceptors (Lipinski definition) is 1. The van der Waals surface area contributed by atoms with Gasteiger partial charge in [-0.2, -0.15) is 0 Å². The third kappa shape index (κ3) is 2.15. The summed E-state index contributed by atoms with van der Waals surface area (Å²) in [5.74, 6) is -0.0618. The molecule has 0 fully saturated rings. The molecule has 0 aliphatic heterocycles. The van der Waals surface area contributed by atoms with Gasteiger partial charge in [0.05, 0.1) is 5.52 Å². The predicted molar refractivity (Wildman–Crippen MR) is 82.3 cm³/mol. The molecule has 21 heavy (non-hydrogen) atoms. The molecule has 0 atom stereocenters. The fourth-order valence-corrected chi connectivity index (χ4v) is 2.88. The lowest BCUT2D eigenvalue weighted by molar-refractivity contribution is 0.112. The molecule has 0 spiro atoms. The Bertz CT molecular complexity index is 800. The Labute approximate surface area is 122 Å². The highest BCUT2D eigenvalue weighted by molar-refractivity contribution is 5.98. The molecular formula is C18H16FNO. The molecule has 0 saturated heterocycles. The molecule has 0 bridgehead atoms. The number of benzene rings is 1. The van der Waals surface area contributed by atoms with Crippen molar-refractivity contribution >= 4 is 11.8 Å². The summed E-state index contributed by atoms with van der Waals surface area (Å²) in [5.41, 5.74) is 4.36. The van der Waals surface area contributed by atoms with Crippen LogP contribution < -0.4 is 0 Å². The van der Waals surface area contributed by atoms with Crippen molar-refractivity contribution in [3.8, 4) is 11.1 Å². The smallest absolute Gasteiger partial charge is 0.152 e. The number of carbonyl (C=O) groups is 1. The largest absolute Gasteiger partial charge is 0.319 e. The summed E-state index contributed by atoms with van der Waals surface area (Å²) in [6.45, 7) is 4.13. The van der Waals surface area contributed by atoms with Crippen molar-refractivity contribution in [1.82, 2.24) is 4.40 Å². The molecule has 1 aromatic carbocycles. The van der Waals surface area contributed by atoms with Gasteiger partial charge >= 0.3 is 0 Å². The van der Waals surface area contributed by atoms with Crippen LogP contribution in [0.2, 0.25) is 0 Å². The number of carbonyl (C=O) groups excluding carboxylic acids is 1. The summed E-state index contributed by atoms with van der Waals surface area (Å²) in [6.07, 6.45) is 2.87. The fraction of sp³-hybridized carbons (Fsp3) is 0.167. The number of hydrogen-bond donors (Lipinski definition) is 0. The summed E-state index contributed by atoms with van der Waals surface area (Å²) in [7, 11) is 0. The van der Waals surface area contributed by atoms with Gasteiger partial charge in [0.25, 0.3) is 0 Å². The number of halogens is 1. The van der Waals surface area contributed by atoms with Gasteiger partial charge in [0.1, 0.15) is 5.82 Å². The minimum atomic E-state index is -0.279. The molecule has 0 saturated carbocycles. The van der Waals surface area contributed by atoms with E-state index in [4.69, 9.17) is 0 Å². The van der Waals surface area contributed by atoms with E-state index < -0.39 is 0 Å². The van der Waals surface area contributed by atoms with E-state index in [1.807, 2.05) is 28.8 Å². The molecule has 0 aliphatic carbocycles. The minimum absolute atomic E-state index is 0.217. The van der Waals surface area contributed by atoms with E-state index in [0.717, 1.165) is 28.6 Å². The van der Waals surface area contributed by atoms with E-state index in [-0.39, 0.29) is 11.7 Å². The van der Waals surface area contributed by atoms with Crippen LogP contribution in [0.5, 0.6) is 0 Å². The summed E-state index contributed by atoms with van der Waals surface area (Å²) in [4.78, 5) is 11.7. The molecule has 0 radical (unpaired) electrons. The van der Waals surface area contributed by atoms with E-state index in [0.29, 0.717) is 5.56 Å². The lowest BCUT2D eigenvalue weighted by Crippen LogP contribution is -1.97. The molecule has 2 nitrogen and oxygen atoms in total. The van der Waals surface area contributed by atoms with Gasteiger partial charge in [-0.25, -0.2) is 4.39 Å². The normalized spacial score (nSPS) is 11.2. The van der Waals surface area contributed by atoms with Gasteiger partial charge in [0.2, 0.25) is 0 Å². The molecule has 2 aromatic heterocycles. The highest BCUT2D eigenvalue weighted by Gasteiger charge is 2.20. The van der Waals surface area contributed by atoms with Crippen LogP contribution in [-0.2, 0) is 0 Å². The number of aldehydes is 1. The first-order valence-corrected chi connectivity index (χ1v) is 6.97. The molecular weight excluding hydrogens is 265 g/mol. The maximum atomic E-state index is 13.2. The number of rotatable bonds is 3. The Kier molecular flexibility index (Phi) is 3.34. The molecule has 2 heterocycles. The Balaban J connectivity index is 2.41. The SMILES string of the molecule is CC(C)c1c(C=O)c(-c2ccc(F)cc2)c2ccccn12. The summed E-state index contributed by atoms with van der Waals surface area (Å²) < 4.78 is 15.2. The molecule has 3 rings (SSSR count). The van der Waals surface area contributed by atoms with Crippen LogP contribution in [0.15, 0.2) is 48.7 Å². The summed E-state index contributed by atoms with van der Waals surface area (Å²) in [5, 5.41) is 0. The number of aromatic nitrogens is 1. The van der Waals surface area contributed by atoms with Crippen molar-refractivity contribution in [2.45, 2.75) is 19.8 Å². The topological polar surface area (TPSA) is 21.5 Å². The van der Waals surface area contributed by atoms with E-state index in [1.54, 1.807) is 12.1 Å². The van der Waals surface area contributed by atoms with Gasteiger partial charge in [-0.1, -0.05) is 32.0 Å². The third-order valence-corrected chi connectivity index (χ3v) is 3.72.